The van der Waals surface area contributed by atoms with E-state index in [1.165, 1.54) is 44.9 Å². The molecule has 0 spiro atoms. The van der Waals surface area contributed by atoms with Crippen LogP contribution in [0.2, 0.25) is 0 Å². The summed E-state index contributed by atoms with van der Waals surface area (Å²) in [7, 11) is 0. The zero-order valence-corrected chi connectivity index (χ0v) is 14.5. The van der Waals surface area contributed by atoms with E-state index < -0.39 is 5.97 Å². The molecular formula is C19H35NO2. The first kappa shape index (κ1) is 21.0. The third-order valence-electron chi connectivity index (χ3n) is 4.28. The third kappa shape index (κ3) is 15.4. The predicted octanol–water partition coefficient (Wildman–Crippen LogP) is 6.08. The molecule has 0 aromatic carbocycles. The lowest BCUT2D eigenvalue weighted by molar-refractivity contribution is -0.137. The van der Waals surface area contributed by atoms with Crippen molar-refractivity contribution < 1.29 is 9.90 Å². The highest BCUT2D eigenvalue weighted by Crippen LogP contribution is 2.18. The topological polar surface area (TPSA) is 61.1 Å². The second kappa shape index (κ2) is 16.3. The van der Waals surface area contributed by atoms with Crippen molar-refractivity contribution in [1.29, 1.82) is 5.26 Å². The van der Waals surface area contributed by atoms with E-state index in [1.54, 1.807) is 0 Å². The molecule has 0 fully saturated rings. The standard InChI is InChI=1S/C19H35NO2/c1-2-3-4-5-6-8-11-14-18(17-20)15-12-9-7-10-13-16-19(21)22/h18H,2-16H2,1H3,(H,21,22). The lowest BCUT2D eigenvalue weighted by atomic mass is 9.95. The number of aliphatic carboxylic acids is 1. The predicted molar refractivity (Wildman–Crippen MR) is 91.7 cm³/mol. The number of carboxylic acid groups (broad SMARTS) is 1. The molecule has 3 nitrogen and oxygen atoms in total. The van der Waals surface area contributed by atoms with E-state index in [1.807, 2.05) is 0 Å². The highest BCUT2D eigenvalue weighted by molar-refractivity contribution is 5.66. The van der Waals surface area contributed by atoms with Gasteiger partial charge in [-0.05, 0) is 19.3 Å². The van der Waals surface area contributed by atoms with E-state index in [9.17, 15) is 10.1 Å². The van der Waals surface area contributed by atoms with Gasteiger partial charge in [0.25, 0.3) is 0 Å². The van der Waals surface area contributed by atoms with Gasteiger partial charge in [-0.25, -0.2) is 0 Å². The number of carbonyl (C=O) groups is 1. The fourth-order valence-corrected chi connectivity index (χ4v) is 2.82. The summed E-state index contributed by atoms with van der Waals surface area (Å²) in [6.45, 7) is 2.24. The Balaban J connectivity index is 3.36. The average Bonchev–Trinajstić information content (AvgIpc) is 2.50. The number of unbranched alkanes of at least 4 members (excludes halogenated alkanes) is 10. The average molecular weight is 309 g/mol. The zero-order chi connectivity index (χ0) is 16.5. The summed E-state index contributed by atoms with van der Waals surface area (Å²) < 4.78 is 0. The van der Waals surface area contributed by atoms with Crippen LogP contribution in [0.3, 0.4) is 0 Å². The van der Waals surface area contributed by atoms with E-state index >= 15 is 0 Å². The summed E-state index contributed by atoms with van der Waals surface area (Å²) in [5, 5.41) is 17.7. The van der Waals surface area contributed by atoms with E-state index in [2.05, 4.69) is 13.0 Å². The summed E-state index contributed by atoms with van der Waals surface area (Å²) in [5.74, 6) is -0.464. The summed E-state index contributed by atoms with van der Waals surface area (Å²) in [5.41, 5.74) is 0. The zero-order valence-electron chi connectivity index (χ0n) is 14.5. The van der Waals surface area contributed by atoms with Crippen LogP contribution < -0.4 is 0 Å². The van der Waals surface area contributed by atoms with Crippen LogP contribution in [0.4, 0.5) is 0 Å². The van der Waals surface area contributed by atoms with Crippen molar-refractivity contribution in [3.8, 4) is 6.07 Å². The Morgan fingerprint density at radius 2 is 1.32 bits per heavy atom. The van der Waals surface area contributed by atoms with E-state index in [0.717, 1.165) is 44.9 Å². The van der Waals surface area contributed by atoms with Crippen LogP contribution in [0.15, 0.2) is 0 Å². The smallest absolute Gasteiger partial charge is 0.303 e. The molecule has 0 aliphatic rings. The molecule has 1 N–H and O–H groups in total. The molecule has 0 radical (unpaired) electrons. The number of nitriles is 1. The second-order valence-corrected chi connectivity index (χ2v) is 6.44. The highest BCUT2D eigenvalue weighted by atomic mass is 16.4. The molecule has 1 atom stereocenters. The lowest BCUT2D eigenvalue weighted by Gasteiger charge is -2.08. The van der Waals surface area contributed by atoms with Gasteiger partial charge >= 0.3 is 5.97 Å². The fourth-order valence-electron chi connectivity index (χ4n) is 2.82. The van der Waals surface area contributed by atoms with Gasteiger partial charge in [0.15, 0.2) is 0 Å². The SMILES string of the molecule is CCCCCCCCCC(C#N)CCCCCCCC(=O)O. The quantitative estimate of drug-likeness (QED) is 0.351. The molecule has 0 amide bonds. The number of hydrogen-bond donors (Lipinski definition) is 1. The van der Waals surface area contributed by atoms with Crippen LogP contribution in [-0.2, 0) is 4.79 Å². The maximum absolute atomic E-state index is 10.4. The van der Waals surface area contributed by atoms with Crippen molar-refractivity contribution in [3.63, 3.8) is 0 Å². The van der Waals surface area contributed by atoms with Gasteiger partial charge in [-0.15, -0.1) is 0 Å². The first-order chi connectivity index (χ1) is 10.7. The Bertz CT molecular complexity index is 296. The molecule has 0 aliphatic carbocycles. The molecule has 0 heterocycles. The molecule has 0 aromatic rings. The molecular weight excluding hydrogens is 274 g/mol. The fraction of sp³-hybridized carbons (Fsp3) is 0.895. The minimum absolute atomic E-state index is 0.231. The summed E-state index contributed by atoms with van der Waals surface area (Å²) in [4.78, 5) is 10.4. The van der Waals surface area contributed by atoms with Crippen LogP contribution in [0.25, 0.3) is 0 Å². The molecule has 0 saturated carbocycles. The van der Waals surface area contributed by atoms with Gasteiger partial charge in [-0.2, -0.15) is 5.26 Å². The maximum Gasteiger partial charge on any atom is 0.303 e. The van der Waals surface area contributed by atoms with Gasteiger partial charge in [-0.3, -0.25) is 4.79 Å². The van der Waals surface area contributed by atoms with Crippen LogP contribution >= 0.6 is 0 Å². The molecule has 0 bridgehead atoms. The Morgan fingerprint density at radius 1 is 0.864 bits per heavy atom. The molecule has 0 saturated heterocycles. The van der Waals surface area contributed by atoms with Crippen molar-refractivity contribution in [2.75, 3.05) is 0 Å². The molecule has 1 unspecified atom stereocenters. The first-order valence-electron chi connectivity index (χ1n) is 9.32. The van der Waals surface area contributed by atoms with Gasteiger partial charge in [0.2, 0.25) is 0 Å². The lowest BCUT2D eigenvalue weighted by Crippen LogP contribution is -1.98. The van der Waals surface area contributed by atoms with E-state index in [-0.39, 0.29) is 5.92 Å². The number of hydrogen-bond acceptors (Lipinski definition) is 2. The minimum Gasteiger partial charge on any atom is -0.481 e. The monoisotopic (exact) mass is 309 g/mol. The Morgan fingerprint density at radius 3 is 1.77 bits per heavy atom. The van der Waals surface area contributed by atoms with Gasteiger partial charge < -0.3 is 5.11 Å². The molecule has 0 rings (SSSR count). The first-order valence-corrected chi connectivity index (χ1v) is 9.32. The number of rotatable bonds is 16. The van der Waals surface area contributed by atoms with Gasteiger partial charge in [-0.1, -0.05) is 77.6 Å². The summed E-state index contributed by atoms with van der Waals surface area (Å²) >= 11 is 0. The van der Waals surface area contributed by atoms with Crippen molar-refractivity contribution in [2.45, 2.75) is 103 Å². The van der Waals surface area contributed by atoms with Crippen molar-refractivity contribution in [3.05, 3.63) is 0 Å². The van der Waals surface area contributed by atoms with Crippen LogP contribution in [0.5, 0.6) is 0 Å². The maximum atomic E-state index is 10.4. The molecule has 0 aliphatic heterocycles. The van der Waals surface area contributed by atoms with Gasteiger partial charge in [0, 0.05) is 12.3 Å². The van der Waals surface area contributed by atoms with Crippen LogP contribution in [0, 0.1) is 17.2 Å². The minimum atomic E-state index is -0.695. The third-order valence-corrected chi connectivity index (χ3v) is 4.28. The van der Waals surface area contributed by atoms with E-state index in [0.29, 0.717) is 6.42 Å². The van der Waals surface area contributed by atoms with Gasteiger partial charge in [0.1, 0.15) is 0 Å². The molecule has 0 aromatic heterocycles. The normalized spacial score (nSPS) is 12.0. The largest absolute Gasteiger partial charge is 0.481 e. The number of carboxylic acids is 1. The summed E-state index contributed by atoms with van der Waals surface area (Å²) in [6, 6.07) is 2.45. The Labute approximate surface area is 137 Å². The van der Waals surface area contributed by atoms with Crippen LogP contribution in [0.1, 0.15) is 103 Å². The van der Waals surface area contributed by atoms with E-state index in [4.69, 9.17) is 5.11 Å². The molecule has 128 valence electrons. The van der Waals surface area contributed by atoms with Crippen LogP contribution in [-0.4, -0.2) is 11.1 Å². The summed E-state index contributed by atoms with van der Waals surface area (Å²) in [6.07, 6.45) is 16.7. The Hall–Kier alpha value is -1.04. The molecule has 3 heteroatoms. The van der Waals surface area contributed by atoms with Crippen molar-refractivity contribution in [2.24, 2.45) is 5.92 Å². The second-order valence-electron chi connectivity index (χ2n) is 6.44. The highest BCUT2D eigenvalue weighted by Gasteiger charge is 2.06. The van der Waals surface area contributed by atoms with Crippen molar-refractivity contribution in [1.82, 2.24) is 0 Å². The van der Waals surface area contributed by atoms with Gasteiger partial charge in [0.05, 0.1) is 6.07 Å². The Kier molecular flexibility index (Phi) is 15.6. The van der Waals surface area contributed by atoms with Crippen molar-refractivity contribution >= 4 is 5.97 Å². The number of nitrogens with zero attached hydrogens (tertiary/aromatic N) is 1. The molecule has 22 heavy (non-hydrogen) atoms.